The maximum Gasteiger partial charge on any atom is 0.273 e. The number of aryl methyl sites for hydroxylation is 2. The second-order valence-corrected chi connectivity index (χ2v) is 7.03. The third-order valence-corrected chi connectivity index (χ3v) is 5.06. The second-order valence-electron chi connectivity index (χ2n) is 7.03. The van der Waals surface area contributed by atoms with E-state index >= 15 is 0 Å². The van der Waals surface area contributed by atoms with Crippen LogP contribution in [0, 0.1) is 13.8 Å². The summed E-state index contributed by atoms with van der Waals surface area (Å²) in [7, 11) is 1.64. The Labute approximate surface area is 159 Å². The molecular weight excluding hydrogens is 344 g/mol. The van der Waals surface area contributed by atoms with Crippen molar-refractivity contribution < 1.29 is 9.53 Å². The Kier molecular flexibility index (Phi) is 6.39. The van der Waals surface area contributed by atoms with Crippen LogP contribution in [0.1, 0.15) is 53.0 Å². The van der Waals surface area contributed by atoms with Crippen molar-refractivity contribution in [3.05, 3.63) is 34.9 Å². The minimum atomic E-state index is -0.252. The molecule has 0 aliphatic carbocycles. The van der Waals surface area contributed by atoms with Crippen LogP contribution in [0.25, 0.3) is 0 Å². The lowest BCUT2D eigenvalue weighted by Gasteiger charge is -2.23. The van der Waals surface area contributed by atoms with Gasteiger partial charge in [0.15, 0.2) is 5.69 Å². The molecule has 8 nitrogen and oxygen atoms in total. The second kappa shape index (κ2) is 8.94. The average molecular weight is 372 g/mol. The van der Waals surface area contributed by atoms with Gasteiger partial charge in [-0.25, -0.2) is 0 Å². The molecule has 0 saturated carbocycles. The highest BCUT2D eigenvalue weighted by Gasteiger charge is 2.15. The Morgan fingerprint density at radius 1 is 1.41 bits per heavy atom. The molecule has 0 bridgehead atoms. The van der Waals surface area contributed by atoms with Crippen LogP contribution < -0.4 is 15.4 Å². The smallest absolute Gasteiger partial charge is 0.273 e. The van der Waals surface area contributed by atoms with Crippen LogP contribution in [0.5, 0.6) is 5.75 Å². The van der Waals surface area contributed by atoms with Crippen LogP contribution in [-0.4, -0.2) is 45.6 Å². The molecule has 146 valence electrons. The number of hydrogen-bond acceptors (Lipinski definition) is 6. The molecule has 27 heavy (non-hydrogen) atoms. The molecule has 2 aromatic heterocycles. The van der Waals surface area contributed by atoms with Gasteiger partial charge < -0.3 is 15.4 Å². The normalized spacial score (nSPS) is 16.9. The predicted molar refractivity (Wildman–Crippen MR) is 102 cm³/mol. The number of aromatic nitrogens is 4. The Morgan fingerprint density at radius 3 is 3.00 bits per heavy atom. The molecule has 3 heterocycles. The average Bonchev–Trinajstić information content (AvgIpc) is 3.16. The van der Waals surface area contributed by atoms with E-state index in [2.05, 4.69) is 25.9 Å². The molecule has 2 aromatic rings. The molecule has 0 radical (unpaired) electrons. The zero-order valence-corrected chi connectivity index (χ0v) is 16.3. The summed E-state index contributed by atoms with van der Waals surface area (Å²) >= 11 is 0. The Morgan fingerprint density at radius 2 is 2.26 bits per heavy atom. The Hall–Kier alpha value is -2.48. The van der Waals surface area contributed by atoms with Crippen molar-refractivity contribution in [3.8, 4) is 5.75 Å². The number of rotatable bonds is 7. The van der Waals surface area contributed by atoms with Gasteiger partial charge in [-0.1, -0.05) is 11.6 Å². The van der Waals surface area contributed by atoms with Crippen molar-refractivity contribution in [1.82, 2.24) is 30.6 Å². The molecule has 1 saturated heterocycles. The van der Waals surface area contributed by atoms with Crippen molar-refractivity contribution in [2.24, 2.45) is 0 Å². The van der Waals surface area contributed by atoms with Gasteiger partial charge in [-0.15, -0.1) is 5.10 Å². The van der Waals surface area contributed by atoms with E-state index in [-0.39, 0.29) is 5.91 Å². The number of piperidine rings is 1. The SMILES string of the molecule is COc1c(C)cnc(CNC(=O)c2cn(CC[C@@H]3CCCCN3)nn2)c1C. The lowest BCUT2D eigenvalue weighted by atomic mass is 10.0. The number of amides is 1. The molecule has 0 unspecified atom stereocenters. The first kappa shape index (κ1) is 19.3. The lowest BCUT2D eigenvalue weighted by molar-refractivity contribution is 0.0945. The zero-order chi connectivity index (χ0) is 19.2. The van der Waals surface area contributed by atoms with E-state index in [9.17, 15) is 4.79 Å². The van der Waals surface area contributed by atoms with Crippen LogP contribution >= 0.6 is 0 Å². The number of nitrogens with zero attached hydrogens (tertiary/aromatic N) is 4. The number of carbonyl (C=O) groups is 1. The summed E-state index contributed by atoms with van der Waals surface area (Å²) in [6.45, 7) is 6.05. The fourth-order valence-electron chi connectivity index (χ4n) is 3.47. The van der Waals surface area contributed by atoms with Gasteiger partial charge in [-0.05, 0) is 39.7 Å². The Balaban J connectivity index is 1.53. The minimum absolute atomic E-state index is 0.252. The lowest BCUT2D eigenvalue weighted by Crippen LogP contribution is -2.34. The van der Waals surface area contributed by atoms with Gasteiger partial charge in [0.05, 0.1) is 25.5 Å². The molecule has 1 aliphatic heterocycles. The molecule has 1 aliphatic rings. The zero-order valence-electron chi connectivity index (χ0n) is 16.3. The molecule has 1 atom stereocenters. The van der Waals surface area contributed by atoms with E-state index in [1.807, 2.05) is 13.8 Å². The fourth-order valence-corrected chi connectivity index (χ4v) is 3.47. The van der Waals surface area contributed by atoms with E-state index in [0.29, 0.717) is 18.3 Å². The van der Waals surface area contributed by atoms with Crippen molar-refractivity contribution in [1.29, 1.82) is 0 Å². The molecule has 1 amide bonds. The molecule has 0 aromatic carbocycles. The maximum atomic E-state index is 12.4. The van der Waals surface area contributed by atoms with Gasteiger partial charge in [0.25, 0.3) is 5.91 Å². The monoisotopic (exact) mass is 372 g/mol. The highest BCUT2D eigenvalue weighted by molar-refractivity contribution is 5.91. The summed E-state index contributed by atoms with van der Waals surface area (Å²) < 4.78 is 7.14. The summed E-state index contributed by atoms with van der Waals surface area (Å²) in [5.41, 5.74) is 3.01. The summed E-state index contributed by atoms with van der Waals surface area (Å²) in [6, 6.07) is 0.533. The topological polar surface area (TPSA) is 94.0 Å². The number of pyridine rings is 1. The van der Waals surface area contributed by atoms with Crippen molar-refractivity contribution >= 4 is 5.91 Å². The third-order valence-electron chi connectivity index (χ3n) is 5.06. The van der Waals surface area contributed by atoms with E-state index in [1.54, 1.807) is 24.2 Å². The van der Waals surface area contributed by atoms with E-state index in [1.165, 1.54) is 19.3 Å². The molecular formula is C19H28N6O2. The van der Waals surface area contributed by atoms with Crippen LogP contribution in [0.15, 0.2) is 12.4 Å². The molecule has 0 spiro atoms. The quantitative estimate of drug-likeness (QED) is 0.769. The van der Waals surface area contributed by atoms with Gasteiger partial charge in [-0.3, -0.25) is 14.5 Å². The maximum absolute atomic E-state index is 12.4. The van der Waals surface area contributed by atoms with Crippen LogP contribution in [0.4, 0.5) is 0 Å². The minimum Gasteiger partial charge on any atom is -0.496 e. The number of nitrogens with one attached hydrogen (secondary N) is 2. The summed E-state index contributed by atoms with van der Waals surface area (Å²) in [5, 5.41) is 14.5. The standard InChI is InChI=1S/C19H28N6O2/c1-13-10-21-16(14(2)18(13)27-3)11-22-19(26)17-12-25(24-23-17)9-7-15-6-4-5-8-20-15/h10,12,15,20H,4-9,11H2,1-3H3,(H,22,26)/t15-/m0/s1. The number of ether oxygens (including phenoxy) is 1. The van der Waals surface area contributed by atoms with Crippen LogP contribution in [0.2, 0.25) is 0 Å². The van der Waals surface area contributed by atoms with Crippen molar-refractivity contribution in [2.75, 3.05) is 13.7 Å². The largest absolute Gasteiger partial charge is 0.496 e. The van der Waals surface area contributed by atoms with E-state index < -0.39 is 0 Å². The van der Waals surface area contributed by atoms with E-state index in [0.717, 1.165) is 42.1 Å². The number of methoxy groups -OCH3 is 1. The summed E-state index contributed by atoms with van der Waals surface area (Å²) in [5.74, 6) is 0.550. The first-order valence-electron chi connectivity index (χ1n) is 9.49. The first-order valence-corrected chi connectivity index (χ1v) is 9.49. The van der Waals surface area contributed by atoms with Gasteiger partial charge in [-0.2, -0.15) is 0 Å². The molecule has 8 heteroatoms. The fraction of sp³-hybridized carbons (Fsp3) is 0.579. The van der Waals surface area contributed by atoms with Crippen molar-refractivity contribution in [2.45, 2.75) is 58.7 Å². The first-order chi connectivity index (χ1) is 13.1. The number of carbonyl (C=O) groups excluding carboxylic acids is 1. The van der Waals surface area contributed by atoms with Crippen LogP contribution in [-0.2, 0) is 13.1 Å². The molecule has 2 N–H and O–H groups in total. The highest BCUT2D eigenvalue weighted by atomic mass is 16.5. The van der Waals surface area contributed by atoms with Crippen LogP contribution in [0.3, 0.4) is 0 Å². The third kappa shape index (κ3) is 4.82. The van der Waals surface area contributed by atoms with Gasteiger partial charge >= 0.3 is 0 Å². The van der Waals surface area contributed by atoms with Gasteiger partial charge in [0.2, 0.25) is 0 Å². The molecule has 3 rings (SSSR count). The van der Waals surface area contributed by atoms with Crippen molar-refractivity contribution in [3.63, 3.8) is 0 Å². The highest BCUT2D eigenvalue weighted by Crippen LogP contribution is 2.23. The van der Waals surface area contributed by atoms with E-state index in [4.69, 9.17) is 4.74 Å². The van der Waals surface area contributed by atoms with Gasteiger partial charge in [0, 0.05) is 29.9 Å². The summed E-state index contributed by atoms with van der Waals surface area (Å²) in [6.07, 6.45) is 8.19. The summed E-state index contributed by atoms with van der Waals surface area (Å²) in [4.78, 5) is 16.8. The molecule has 1 fully saturated rings. The number of hydrogen-bond donors (Lipinski definition) is 2. The van der Waals surface area contributed by atoms with Gasteiger partial charge in [0.1, 0.15) is 5.75 Å². The predicted octanol–water partition coefficient (Wildman–Crippen LogP) is 1.76. The Bertz CT molecular complexity index is 783.